The van der Waals surface area contributed by atoms with Crippen molar-refractivity contribution >= 4 is 29.3 Å². The molecule has 0 saturated carbocycles. The monoisotopic (exact) mass is 398 g/mol. The quantitative estimate of drug-likeness (QED) is 0.620. The lowest BCUT2D eigenvalue weighted by atomic mass is 10.2. The number of halogens is 1. The molecule has 0 radical (unpaired) electrons. The Morgan fingerprint density at radius 1 is 1.07 bits per heavy atom. The molecule has 28 heavy (non-hydrogen) atoms. The minimum atomic E-state index is -0.415. The smallest absolute Gasteiger partial charge is 0.289 e. The fourth-order valence-electron chi connectivity index (χ4n) is 2.64. The van der Waals surface area contributed by atoms with Crippen LogP contribution in [0.4, 0.5) is 10.1 Å². The molecule has 0 unspecified atom stereocenters. The highest BCUT2D eigenvalue weighted by Gasteiger charge is 2.19. The number of para-hydroxylation sites is 1. The van der Waals surface area contributed by atoms with Crippen molar-refractivity contribution in [1.29, 1.82) is 0 Å². The van der Waals surface area contributed by atoms with Crippen LogP contribution in [0.5, 0.6) is 0 Å². The average Bonchev–Trinajstić information content (AvgIpc) is 3.18. The number of likely N-dealkylation sites (N-methyl/N-ethyl adjacent to an activating group) is 1. The molecule has 0 saturated heterocycles. The van der Waals surface area contributed by atoms with Crippen LogP contribution in [0.15, 0.2) is 70.0 Å². The molecule has 2 amide bonds. The van der Waals surface area contributed by atoms with Crippen LogP contribution in [0.3, 0.4) is 0 Å². The number of rotatable bonds is 6. The van der Waals surface area contributed by atoms with Crippen LogP contribution >= 0.6 is 11.8 Å². The number of nitrogens with zero attached hydrogens (tertiary/aromatic N) is 1. The first kappa shape index (κ1) is 19.7. The van der Waals surface area contributed by atoms with Gasteiger partial charge in [0.25, 0.3) is 5.91 Å². The average molecular weight is 398 g/mol. The Bertz CT molecular complexity index is 985. The summed E-state index contributed by atoms with van der Waals surface area (Å²) in [6.45, 7) is -0.117. The van der Waals surface area contributed by atoms with E-state index < -0.39 is 5.91 Å². The molecule has 0 fully saturated rings. The van der Waals surface area contributed by atoms with E-state index in [-0.39, 0.29) is 24.0 Å². The topological polar surface area (TPSA) is 62.6 Å². The zero-order valence-electron chi connectivity index (χ0n) is 15.4. The Morgan fingerprint density at radius 2 is 1.79 bits per heavy atom. The van der Waals surface area contributed by atoms with E-state index in [0.717, 1.165) is 4.90 Å². The van der Waals surface area contributed by atoms with Crippen molar-refractivity contribution < 1.29 is 18.4 Å². The predicted octanol–water partition coefficient (Wildman–Crippen LogP) is 4.52. The van der Waals surface area contributed by atoms with Gasteiger partial charge < -0.3 is 14.6 Å². The molecule has 5 nitrogen and oxygen atoms in total. The summed E-state index contributed by atoms with van der Waals surface area (Å²) >= 11 is 1.53. The number of benzene rings is 2. The second-order valence-corrected chi connectivity index (χ2v) is 6.93. The number of furan rings is 1. The normalized spacial score (nSPS) is 10.5. The maximum Gasteiger partial charge on any atom is 0.289 e. The molecule has 0 aliphatic heterocycles. The van der Waals surface area contributed by atoms with E-state index in [1.54, 1.807) is 24.3 Å². The standard InChI is InChI=1S/C21H19FN2O3S/c1-24(13-20(25)23-16-5-3-4-6-19(16)28-2)21(26)18-12-11-17(27-18)14-7-9-15(22)10-8-14/h3-12H,13H2,1-2H3,(H,23,25). The van der Waals surface area contributed by atoms with Crippen molar-refractivity contribution in [3.63, 3.8) is 0 Å². The van der Waals surface area contributed by atoms with Gasteiger partial charge in [-0.15, -0.1) is 11.8 Å². The molecule has 0 aliphatic rings. The molecule has 0 spiro atoms. The number of thioether (sulfide) groups is 1. The molecular formula is C21H19FN2O3S. The molecule has 3 aromatic rings. The third-order valence-corrected chi connectivity index (χ3v) is 4.85. The summed E-state index contributed by atoms with van der Waals surface area (Å²) in [5, 5.41) is 2.82. The van der Waals surface area contributed by atoms with Gasteiger partial charge >= 0.3 is 0 Å². The van der Waals surface area contributed by atoms with Crippen molar-refractivity contribution in [1.82, 2.24) is 4.90 Å². The Kier molecular flexibility index (Phi) is 6.16. The zero-order valence-corrected chi connectivity index (χ0v) is 16.3. The third kappa shape index (κ3) is 4.61. The third-order valence-electron chi connectivity index (χ3n) is 4.05. The highest BCUT2D eigenvalue weighted by atomic mass is 32.2. The van der Waals surface area contributed by atoms with Crippen molar-refractivity contribution in [3.8, 4) is 11.3 Å². The predicted molar refractivity (Wildman–Crippen MR) is 108 cm³/mol. The molecule has 2 aromatic carbocycles. The molecule has 144 valence electrons. The Morgan fingerprint density at radius 3 is 2.50 bits per heavy atom. The summed E-state index contributed by atoms with van der Waals surface area (Å²) in [5.41, 5.74) is 1.37. The van der Waals surface area contributed by atoms with Crippen LogP contribution < -0.4 is 5.32 Å². The minimum absolute atomic E-state index is 0.110. The van der Waals surface area contributed by atoms with Gasteiger partial charge in [-0.05, 0) is 54.8 Å². The molecule has 1 aromatic heterocycles. The summed E-state index contributed by atoms with van der Waals surface area (Å²) in [5.74, 6) is -0.501. The van der Waals surface area contributed by atoms with Crippen LogP contribution in [0.1, 0.15) is 10.6 Å². The number of carbonyl (C=O) groups excluding carboxylic acids is 2. The van der Waals surface area contributed by atoms with Crippen LogP contribution in [0.25, 0.3) is 11.3 Å². The lowest BCUT2D eigenvalue weighted by molar-refractivity contribution is -0.116. The van der Waals surface area contributed by atoms with E-state index in [0.29, 0.717) is 17.0 Å². The summed E-state index contributed by atoms with van der Waals surface area (Å²) in [4.78, 5) is 27.1. The zero-order chi connectivity index (χ0) is 20.1. The highest BCUT2D eigenvalue weighted by Crippen LogP contribution is 2.25. The SMILES string of the molecule is CSc1ccccc1NC(=O)CN(C)C(=O)c1ccc(-c2ccc(F)cc2)o1. The summed E-state index contributed by atoms with van der Waals surface area (Å²) in [7, 11) is 1.53. The van der Waals surface area contributed by atoms with E-state index in [1.165, 1.54) is 35.8 Å². The highest BCUT2D eigenvalue weighted by molar-refractivity contribution is 7.98. The van der Waals surface area contributed by atoms with Crippen molar-refractivity contribution in [2.24, 2.45) is 0 Å². The van der Waals surface area contributed by atoms with Crippen molar-refractivity contribution in [3.05, 3.63) is 72.2 Å². The fourth-order valence-corrected chi connectivity index (χ4v) is 3.19. The van der Waals surface area contributed by atoms with Crippen LogP contribution in [-0.2, 0) is 4.79 Å². The molecule has 1 heterocycles. The summed E-state index contributed by atoms with van der Waals surface area (Å²) in [6, 6.07) is 16.4. The maximum absolute atomic E-state index is 13.0. The molecule has 0 aliphatic carbocycles. The van der Waals surface area contributed by atoms with Gasteiger partial charge in [-0.2, -0.15) is 0 Å². The van der Waals surface area contributed by atoms with Crippen molar-refractivity contribution in [2.45, 2.75) is 4.90 Å². The molecule has 7 heteroatoms. The second-order valence-electron chi connectivity index (χ2n) is 6.08. The maximum atomic E-state index is 13.0. The fraction of sp³-hybridized carbons (Fsp3) is 0.143. The van der Waals surface area contributed by atoms with Gasteiger partial charge in [-0.3, -0.25) is 9.59 Å². The first-order chi connectivity index (χ1) is 13.5. The minimum Gasteiger partial charge on any atom is -0.451 e. The lowest BCUT2D eigenvalue weighted by Gasteiger charge is -2.16. The molecule has 0 bridgehead atoms. The number of hydrogen-bond donors (Lipinski definition) is 1. The van der Waals surface area contributed by atoms with Crippen molar-refractivity contribution in [2.75, 3.05) is 25.2 Å². The van der Waals surface area contributed by atoms with Gasteiger partial charge in [-0.25, -0.2) is 4.39 Å². The second kappa shape index (κ2) is 8.75. The summed E-state index contributed by atoms with van der Waals surface area (Å²) in [6.07, 6.45) is 1.93. The molecule has 0 atom stereocenters. The lowest BCUT2D eigenvalue weighted by Crippen LogP contribution is -2.34. The number of amides is 2. The van der Waals surface area contributed by atoms with Gasteiger partial charge in [0.1, 0.15) is 11.6 Å². The van der Waals surface area contributed by atoms with E-state index in [1.807, 2.05) is 30.5 Å². The number of carbonyl (C=O) groups is 2. The van der Waals surface area contributed by atoms with Gasteiger partial charge in [0.15, 0.2) is 5.76 Å². The van der Waals surface area contributed by atoms with E-state index in [4.69, 9.17) is 4.42 Å². The Labute approximate surface area is 166 Å². The van der Waals surface area contributed by atoms with Gasteiger partial charge in [0.05, 0.1) is 12.2 Å². The van der Waals surface area contributed by atoms with Crippen LogP contribution in [-0.4, -0.2) is 36.6 Å². The van der Waals surface area contributed by atoms with Gasteiger partial charge in [0, 0.05) is 17.5 Å². The Balaban J connectivity index is 1.64. The van der Waals surface area contributed by atoms with Crippen LogP contribution in [0.2, 0.25) is 0 Å². The van der Waals surface area contributed by atoms with Gasteiger partial charge in [-0.1, -0.05) is 12.1 Å². The summed E-state index contributed by atoms with van der Waals surface area (Å²) < 4.78 is 18.6. The molecule has 1 N–H and O–H groups in total. The van der Waals surface area contributed by atoms with Crippen LogP contribution in [0, 0.1) is 5.82 Å². The van der Waals surface area contributed by atoms with E-state index in [9.17, 15) is 14.0 Å². The molecule has 3 rings (SSSR count). The first-order valence-corrected chi connectivity index (χ1v) is 9.74. The van der Waals surface area contributed by atoms with E-state index in [2.05, 4.69) is 5.32 Å². The van der Waals surface area contributed by atoms with E-state index >= 15 is 0 Å². The number of anilines is 1. The number of hydrogen-bond acceptors (Lipinski definition) is 4. The van der Waals surface area contributed by atoms with Gasteiger partial charge in [0.2, 0.25) is 5.91 Å². The Hall–Kier alpha value is -3.06. The first-order valence-electron chi connectivity index (χ1n) is 8.52. The number of nitrogens with one attached hydrogen (secondary N) is 1. The largest absolute Gasteiger partial charge is 0.451 e. The molecular weight excluding hydrogens is 379 g/mol.